The van der Waals surface area contributed by atoms with Crippen LogP contribution in [-0.2, 0) is 14.3 Å². The standard InChI is InChI=1S/C19H24N2O7/c1-19(2,3)28-18(25)20-8-9-21(12(10-20)17(23)24)16(22)15-11-26-13-6-4-5-7-14(13)27-15/h4-7,12,15H,8-11H2,1-3H3,(H,23,24)/t12-,15+/m1/s1. The normalized spacial score (nSPS) is 21.8. The Morgan fingerprint density at radius 3 is 2.46 bits per heavy atom. The molecule has 0 bridgehead atoms. The molecule has 2 aliphatic rings. The highest BCUT2D eigenvalue weighted by Crippen LogP contribution is 2.31. The lowest BCUT2D eigenvalue weighted by molar-refractivity contribution is -0.158. The van der Waals surface area contributed by atoms with Gasteiger partial charge in [0.1, 0.15) is 18.2 Å². The number of fused-ring (bicyclic) bond motifs is 1. The van der Waals surface area contributed by atoms with Crippen LogP contribution in [0.15, 0.2) is 24.3 Å². The number of benzene rings is 1. The van der Waals surface area contributed by atoms with E-state index in [2.05, 4.69) is 0 Å². The molecule has 1 aromatic carbocycles. The van der Waals surface area contributed by atoms with Crippen LogP contribution >= 0.6 is 0 Å². The summed E-state index contributed by atoms with van der Waals surface area (Å²) >= 11 is 0. The molecule has 2 heterocycles. The Balaban J connectivity index is 1.69. The highest BCUT2D eigenvalue weighted by molar-refractivity contribution is 5.88. The number of carbonyl (C=O) groups is 3. The topological polar surface area (TPSA) is 106 Å². The lowest BCUT2D eigenvalue weighted by Gasteiger charge is -2.41. The number of para-hydroxylation sites is 2. The summed E-state index contributed by atoms with van der Waals surface area (Å²) in [6, 6.07) is 5.78. The Hall–Kier alpha value is -2.97. The molecule has 1 N–H and O–H groups in total. The van der Waals surface area contributed by atoms with Gasteiger partial charge in [-0.3, -0.25) is 4.79 Å². The number of carboxylic acid groups (broad SMARTS) is 1. The highest BCUT2D eigenvalue weighted by Gasteiger charge is 2.42. The van der Waals surface area contributed by atoms with Gasteiger partial charge < -0.3 is 29.1 Å². The van der Waals surface area contributed by atoms with Crippen molar-refractivity contribution in [2.24, 2.45) is 0 Å². The average Bonchev–Trinajstić information content (AvgIpc) is 2.65. The van der Waals surface area contributed by atoms with Gasteiger partial charge >= 0.3 is 12.1 Å². The third-order valence-corrected chi connectivity index (χ3v) is 4.38. The van der Waals surface area contributed by atoms with E-state index in [9.17, 15) is 19.5 Å². The predicted octanol–water partition coefficient (Wildman–Crippen LogP) is 1.36. The van der Waals surface area contributed by atoms with Gasteiger partial charge in [0.05, 0.1) is 6.54 Å². The molecule has 28 heavy (non-hydrogen) atoms. The molecule has 0 spiro atoms. The molecule has 2 atom stereocenters. The maximum atomic E-state index is 12.9. The van der Waals surface area contributed by atoms with E-state index in [-0.39, 0.29) is 26.2 Å². The lowest BCUT2D eigenvalue weighted by atomic mass is 10.1. The van der Waals surface area contributed by atoms with Gasteiger partial charge in [0, 0.05) is 13.1 Å². The number of amides is 2. The summed E-state index contributed by atoms with van der Waals surface area (Å²) in [4.78, 5) is 39.5. The molecule has 0 unspecified atom stereocenters. The smallest absolute Gasteiger partial charge is 0.410 e. The van der Waals surface area contributed by atoms with Crippen LogP contribution in [0.2, 0.25) is 0 Å². The van der Waals surface area contributed by atoms with Crippen molar-refractivity contribution in [3.8, 4) is 11.5 Å². The first-order valence-corrected chi connectivity index (χ1v) is 9.05. The van der Waals surface area contributed by atoms with Gasteiger partial charge in [0.25, 0.3) is 5.91 Å². The molecule has 0 saturated carbocycles. The molecule has 1 saturated heterocycles. The number of rotatable bonds is 2. The molecule has 9 heteroatoms. The molecule has 0 aliphatic carbocycles. The molecule has 2 aliphatic heterocycles. The first kappa shape index (κ1) is 19.8. The van der Waals surface area contributed by atoms with E-state index in [1.54, 1.807) is 45.0 Å². The van der Waals surface area contributed by atoms with Gasteiger partial charge in [-0.05, 0) is 32.9 Å². The van der Waals surface area contributed by atoms with Crippen molar-refractivity contribution in [1.29, 1.82) is 0 Å². The Labute approximate surface area is 162 Å². The van der Waals surface area contributed by atoms with E-state index in [4.69, 9.17) is 14.2 Å². The fourth-order valence-corrected chi connectivity index (χ4v) is 3.08. The summed E-state index contributed by atoms with van der Waals surface area (Å²) < 4.78 is 16.6. The van der Waals surface area contributed by atoms with Crippen LogP contribution in [-0.4, -0.2) is 76.9 Å². The minimum Gasteiger partial charge on any atom is -0.485 e. The molecular weight excluding hydrogens is 368 g/mol. The second-order valence-corrected chi connectivity index (χ2v) is 7.68. The fraction of sp³-hybridized carbons (Fsp3) is 0.526. The van der Waals surface area contributed by atoms with E-state index >= 15 is 0 Å². The van der Waals surface area contributed by atoms with Crippen molar-refractivity contribution in [3.05, 3.63) is 24.3 Å². The lowest BCUT2D eigenvalue weighted by Crippen LogP contribution is -2.62. The van der Waals surface area contributed by atoms with Gasteiger partial charge in [-0.1, -0.05) is 12.1 Å². The number of carbonyl (C=O) groups excluding carboxylic acids is 2. The maximum absolute atomic E-state index is 12.9. The highest BCUT2D eigenvalue weighted by atomic mass is 16.6. The zero-order valence-corrected chi connectivity index (χ0v) is 16.1. The molecule has 152 valence electrons. The molecule has 0 radical (unpaired) electrons. The number of ether oxygens (including phenoxy) is 3. The fourth-order valence-electron chi connectivity index (χ4n) is 3.08. The summed E-state index contributed by atoms with van der Waals surface area (Å²) in [7, 11) is 0. The second kappa shape index (κ2) is 7.57. The monoisotopic (exact) mass is 392 g/mol. The van der Waals surface area contributed by atoms with Gasteiger partial charge in [0.15, 0.2) is 11.5 Å². The van der Waals surface area contributed by atoms with Crippen LogP contribution in [0.4, 0.5) is 4.79 Å². The summed E-state index contributed by atoms with van der Waals surface area (Å²) in [6.07, 6.45) is -1.54. The Kier molecular flexibility index (Phi) is 5.35. The van der Waals surface area contributed by atoms with E-state index in [0.29, 0.717) is 11.5 Å². The average molecular weight is 392 g/mol. The predicted molar refractivity (Wildman–Crippen MR) is 97.3 cm³/mol. The van der Waals surface area contributed by atoms with Gasteiger partial charge in [-0.2, -0.15) is 0 Å². The third-order valence-electron chi connectivity index (χ3n) is 4.38. The minimum atomic E-state index is -1.20. The van der Waals surface area contributed by atoms with Crippen LogP contribution in [0.5, 0.6) is 11.5 Å². The van der Waals surface area contributed by atoms with Gasteiger partial charge in [-0.25, -0.2) is 9.59 Å². The zero-order valence-electron chi connectivity index (χ0n) is 16.1. The summed E-state index contributed by atoms with van der Waals surface area (Å²) in [5.74, 6) is -0.702. The van der Waals surface area contributed by atoms with E-state index in [0.717, 1.165) is 0 Å². The van der Waals surface area contributed by atoms with Crippen molar-refractivity contribution >= 4 is 18.0 Å². The SMILES string of the molecule is CC(C)(C)OC(=O)N1CCN(C(=O)[C@@H]2COc3ccccc3O2)[C@@H](C(=O)O)C1. The van der Waals surface area contributed by atoms with Crippen molar-refractivity contribution < 1.29 is 33.7 Å². The second-order valence-electron chi connectivity index (χ2n) is 7.68. The molecule has 1 fully saturated rings. The largest absolute Gasteiger partial charge is 0.485 e. The summed E-state index contributed by atoms with van der Waals surface area (Å²) in [6.45, 7) is 5.28. The maximum Gasteiger partial charge on any atom is 0.410 e. The van der Waals surface area contributed by atoms with Crippen molar-refractivity contribution in [1.82, 2.24) is 9.80 Å². The number of hydrogen-bond acceptors (Lipinski definition) is 6. The Morgan fingerprint density at radius 1 is 1.14 bits per heavy atom. The number of aliphatic carboxylic acids is 1. The van der Waals surface area contributed by atoms with Crippen LogP contribution < -0.4 is 9.47 Å². The quantitative estimate of drug-likeness (QED) is 0.810. The molecule has 0 aromatic heterocycles. The number of hydrogen-bond donors (Lipinski definition) is 1. The van der Waals surface area contributed by atoms with Gasteiger partial charge in [0.2, 0.25) is 6.10 Å². The summed E-state index contributed by atoms with van der Waals surface area (Å²) in [5, 5.41) is 9.60. The van der Waals surface area contributed by atoms with E-state index in [1.807, 2.05) is 0 Å². The van der Waals surface area contributed by atoms with Crippen molar-refractivity contribution in [2.75, 3.05) is 26.2 Å². The number of piperazine rings is 1. The molecule has 1 aromatic rings. The van der Waals surface area contributed by atoms with Crippen molar-refractivity contribution in [2.45, 2.75) is 38.5 Å². The number of nitrogens with zero attached hydrogens (tertiary/aromatic N) is 2. The van der Waals surface area contributed by atoms with Gasteiger partial charge in [-0.15, -0.1) is 0 Å². The first-order valence-electron chi connectivity index (χ1n) is 9.05. The van der Waals surface area contributed by atoms with Crippen LogP contribution in [0.1, 0.15) is 20.8 Å². The third kappa shape index (κ3) is 4.29. The summed E-state index contributed by atoms with van der Waals surface area (Å²) in [5.41, 5.74) is -0.691. The molecule has 3 rings (SSSR count). The van der Waals surface area contributed by atoms with E-state index < -0.39 is 35.7 Å². The van der Waals surface area contributed by atoms with Crippen molar-refractivity contribution in [3.63, 3.8) is 0 Å². The Morgan fingerprint density at radius 2 is 1.82 bits per heavy atom. The first-order chi connectivity index (χ1) is 13.2. The van der Waals surface area contributed by atoms with Crippen LogP contribution in [0.25, 0.3) is 0 Å². The van der Waals surface area contributed by atoms with Crippen LogP contribution in [0.3, 0.4) is 0 Å². The Bertz CT molecular complexity index is 774. The number of carboxylic acids is 1. The molecular formula is C19H24N2O7. The van der Waals surface area contributed by atoms with E-state index in [1.165, 1.54) is 9.80 Å². The minimum absolute atomic E-state index is 0.00549. The molecule has 9 nitrogen and oxygen atoms in total. The van der Waals surface area contributed by atoms with Crippen LogP contribution in [0, 0.1) is 0 Å². The molecule has 2 amide bonds. The zero-order chi connectivity index (χ0) is 20.5.